The van der Waals surface area contributed by atoms with Crippen LogP contribution >= 0.6 is 0 Å². The zero-order valence-corrected chi connectivity index (χ0v) is 16.4. The van der Waals surface area contributed by atoms with E-state index in [0.717, 1.165) is 0 Å². The highest BCUT2D eigenvalue weighted by atomic mass is 16.5. The van der Waals surface area contributed by atoms with Gasteiger partial charge in [-0.1, -0.05) is 35.4 Å². The Balaban J connectivity index is 0. The van der Waals surface area contributed by atoms with Gasteiger partial charge < -0.3 is 19.5 Å². The highest BCUT2D eigenvalue weighted by molar-refractivity contribution is 5.90. The van der Waals surface area contributed by atoms with Gasteiger partial charge in [-0.15, -0.1) is 0 Å². The predicted octanol–water partition coefficient (Wildman–Crippen LogP) is 1.30. The van der Waals surface area contributed by atoms with E-state index in [1.807, 2.05) is 0 Å². The minimum Gasteiger partial charge on any atom is -0.469 e. The van der Waals surface area contributed by atoms with Crippen molar-refractivity contribution in [3.8, 4) is 0 Å². The average molecular weight is 370 g/mol. The number of benzene rings is 1. The van der Waals surface area contributed by atoms with E-state index in [9.17, 15) is 14.4 Å². The average Bonchev–Trinajstić information content (AvgIpc) is 2.62. The fourth-order valence-corrected chi connectivity index (χ4v) is 1.24. The molecule has 0 aromatic heterocycles. The molecule has 1 rings (SSSR count). The number of aryl methyl sites for hydroxylation is 2. The summed E-state index contributed by atoms with van der Waals surface area (Å²) in [5.74, 6) is -1.21. The van der Waals surface area contributed by atoms with Crippen LogP contribution in [0.5, 0.6) is 0 Å². The van der Waals surface area contributed by atoms with E-state index in [0.29, 0.717) is 13.4 Å². The Hall–Kier alpha value is -2.45. The molecule has 1 aromatic carbocycles. The van der Waals surface area contributed by atoms with Gasteiger partial charge in [0.05, 0.1) is 27.6 Å². The maximum atomic E-state index is 10.3. The first-order valence-electron chi connectivity index (χ1n) is 7.87. The van der Waals surface area contributed by atoms with Gasteiger partial charge >= 0.3 is 11.9 Å². The molecule has 0 aliphatic carbocycles. The van der Waals surface area contributed by atoms with E-state index in [1.165, 1.54) is 32.3 Å². The number of amides is 1. The molecule has 0 atom stereocenters. The van der Waals surface area contributed by atoms with Crippen LogP contribution in [0.25, 0.3) is 0 Å². The summed E-state index contributed by atoms with van der Waals surface area (Å²) in [6, 6.07) is 8.48. The smallest absolute Gasteiger partial charge is 0.316 e. The van der Waals surface area contributed by atoms with Crippen molar-refractivity contribution in [1.82, 2.24) is 10.6 Å². The highest BCUT2D eigenvalue weighted by Crippen LogP contribution is 1.99. The predicted molar refractivity (Wildman–Crippen MR) is 98.3 cm³/mol. The van der Waals surface area contributed by atoms with Gasteiger partial charge in [-0.3, -0.25) is 19.7 Å². The third-order valence-corrected chi connectivity index (χ3v) is 2.67. The van der Waals surface area contributed by atoms with Gasteiger partial charge in [0.1, 0.15) is 6.42 Å². The first-order valence-corrected chi connectivity index (χ1v) is 7.87. The van der Waals surface area contributed by atoms with Crippen molar-refractivity contribution in [2.24, 2.45) is 0 Å². The van der Waals surface area contributed by atoms with Crippen LogP contribution in [0.2, 0.25) is 0 Å². The van der Waals surface area contributed by atoms with Crippen molar-refractivity contribution in [2.45, 2.75) is 27.2 Å². The van der Waals surface area contributed by atoms with Gasteiger partial charge in [0.25, 0.3) is 0 Å². The summed E-state index contributed by atoms with van der Waals surface area (Å²) in [5.41, 5.74) is 2.66. The minimum absolute atomic E-state index is 0.0430. The molecule has 0 aliphatic heterocycles. The molecule has 148 valence electrons. The third kappa shape index (κ3) is 19.6. The monoisotopic (exact) mass is 370 g/mol. The fraction of sp³-hybridized carbons (Fsp3) is 0.500. The summed E-state index contributed by atoms with van der Waals surface area (Å²) in [4.78, 5) is 30.7. The zero-order chi connectivity index (χ0) is 20.4. The number of ether oxygens (including phenoxy) is 3. The molecule has 8 nitrogen and oxygen atoms in total. The van der Waals surface area contributed by atoms with Gasteiger partial charge in [0.2, 0.25) is 5.91 Å². The second-order valence-electron chi connectivity index (χ2n) is 5.08. The van der Waals surface area contributed by atoms with Crippen molar-refractivity contribution in [1.29, 1.82) is 0 Å². The summed E-state index contributed by atoms with van der Waals surface area (Å²) >= 11 is 0. The molecule has 0 saturated heterocycles. The van der Waals surface area contributed by atoms with E-state index < -0.39 is 11.9 Å². The van der Waals surface area contributed by atoms with Crippen LogP contribution in [-0.2, 0) is 28.6 Å². The number of carbonyl (C=O) groups excluding carboxylic acids is 3. The molecule has 2 N–H and O–H groups in total. The number of hydrogen-bond donors (Lipinski definition) is 2. The molecule has 0 unspecified atom stereocenters. The number of hydrogen-bond acceptors (Lipinski definition) is 7. The second-order valence-corrected chi connectivity index (χ2v) is 5.08. The molecule has 0 radical (unpaired) electrons. The molecule has 0 aliphatic rings. The van der Waals surface area contributed by atoms with Crippen molar-refractivity contribution < 1.29 is 28.6 Å². The zero-order valence-electron chi connectivity index (χ0n) is 16.4. The molecular formula is C18H30N2O6. The lowest BCUT2D eigenvalue weighted by atomic mass is 10.2. The Kier molecular flexibility index (Phi) is 17.2. The topological polar surface area (TPSA) is 103 Å². The largest absolute Gasteiger partial charge is 0.469 e. The van der Waals surface area contributed by atoms with Crippen LogP contribution in [0, 0.1) is 13.8 Å². The van der Waals surface area contributed by atoms with Gasteiger partial charge in [-0.2, -0.15) is 0 Å². The Labute approximate surface area is 155 Å². The van der Waals surface area contributed by atoms with E-state index in [2.05, 4.69) is 63.0 Å². The lowest BCUT2D eigenvalue weighted by molar-refractivity contribution is -0.151. The molecular weight excluding hydrogens is 340 g/mol. The SMILES string of the molecule is COC(=O)CC(=O)OC.COCNCNC(C)=O.Cc1ccc(C)cc1. The molecule has 0 spiro atoms. The molecule has 26 heavy (non-hydrogen) atoms. The van der Waals surface area contributed by atoms with Crippen LogP contribution < -0.4 is 10.6 Å². The van der Waals surface area contributed by atoms with Gasteiger partial charge in [-0.05, 0) is 13.8 Å². The number of esters is 2. The van der Waals surface area contributed by atoms with Crippen molar-refractivity contribution in [3.63, 3.8) is 0 Å². The highest BCUT2D eigenvalue weighted by Gasteiger charge is 2.07. The minimum atomic E-state index is -0.582. The molecule has 0 heterocycles. The lowest BCUT2D eigenvalue weighted by Crippen LogP contribution is -2.33. The number of methoxy groups -OCH3 is 3. The first kappa shape index (κ1) is 25.8. The van der Waals surface area contributed by atoms with Crippen LogP contribution in [0.1, 0.15) is 24.5 Å². The Bertz CT molecular complexity index is 482. The van der Waals surface area contributed by atoms with E-state index in [-0.39, 0.29) is 12.3 Å². The van der Waals surface area contributed by atoms with Crippen molar-refractivity contribution in [3.05, 3.63) is 35.4 Å². The van der Waals surface area contributed by atoms with Crippen LogP contribution in [0.4, 0.5) is 0 Å². The maximum absolute atomic E-state index is 10.3. The van der Waals surface area contributed by atoms with Gasteiger partial charge in [-0.25, -0.2) is 0 Å². The van der Waals surface area contributed by atoms with Gasteiger partial charge in [0.15, 0.2) is 0 Å². The van der Waals surface area contributed by atoms with Crippen LogP contribution in [0.3, 0.4) is 0 Å². The molecule has 1 amide bonds. The summed E-state index contributed by atoms with van der Waals surface area (Å²) in [6.45, 7) is 6.58. The van der Waals surface area contributed by atoms with E-state index in [1.54, 1.807) is 7.11 Å². The van der Waals surface area contributed by atoms with Crippen molar-refractivity contribution in [2.75, 3.05) is 34.7 Å². The first-order chi connectivity index (χ1) is 12.3. The third-order valence-electron chi connectivity index (χ3n) is 2.67. The second kappa shape index (κ2) is 17.4. The molecule has 0 fully saturated rings. The number of nitrogens with one attached hydrogen (secondary N) is 2. The van der Waals surface area contributed by atoms with E-state index in [4.69, 9.17) is 0 Å². The standard InChI is InChI=1S/C8H10.C5H12N2O2.C5H8O4/c1-7-3-5-8(2)6-4-7;1-5(8)7-3-6-4-9-2;1-8-4(6)3-5(7)9-2/h3-6H,1-2H3;6H,3-4H2,1-2H3,(H,7,8);3H2,1-2H3. The summed E-state index contributed by atoms with van der Waals surface area (Å²) < 4.78 is 13.0. The summed E-state index contributed by atoms with van der Waals surface area (Å²) in [7, 11) is 4.01. The van der Waals surface area contributed by atoms with Gasteiger partial charge in [0, 0.05) is 14.0 Å². The normalized spacial score (nSPS) is 8.85. The lowest BCUT2D eigenvalue weighted by Gasteiger charge is -2.01. The van der Waals surface area contributed by atoms with Crippen molar-refractivity contribution >= 4 is 17.8 Å². The number of carbonyl (C=O) groups is 3. The molecule has 1 aromatic rings. The Morgan fingerprint density at radius 2 is 1.31 bits per heavy atom. The van der Waals surface area contributed by atoms with Crippen LogP contribution in [0.15, 0.2) is 24.3 Å². The fourth-order valence-electron chi connectivity index (χ4n) is 1.24. The number of rotatable bonds is 6. The summed E-state index contributed by atoms with van der Waals surface area (Å²) in [6.07, 6.45) is -0.312. The van der Waals surface area contributed by atoms with Crippen LogP contribution in [-0.4, -0.2) is 52.6 Å². The quantitative estimate of drug-likeness (QED) is 0.337. The maximum Gasteiger partial charge on any atom is 0.316 e. The molecule has 0 bridgehead atoms. The van der Waals surface area contributed by atoms with E-state index >= 15 is 0 Å². The summed E-state index contributed by atoms with van der Waals surface area (Å²) in [5, 5.41) is 5.36. The Morgan fingerprint density at radius 1 is 0.885 bits per heavy atom. The molecule has 8 heteroatoms. The Morgan fingerprint density at radius 3 is 1.62 bits per heavy atom. The molecule has 0 saturated carbocycles.